The number of carboxylic acid groups (broad SMARTS) is 1. The number of carbonyl (C=O) groups is 1. The number of unbranched alkanes of at least 4 members (excludes halogenated alkanes) is 5. The van der Waals surface area contributed by atoms with Gasteiger partial charge in [0.15, 0.2) is 0 Å². The zero-order valence-corrected chi connectivity index (χ0v) is 13.5. The predicted octanol–water partition coefficient (Wildman–Crippen LogP) is 5.04. The largest absolute Gasteiger partial charge is 0.481 e. The van der Waals surface area contributed by atoms with E-state index >= 15 is 0 Å². The van der Waals surface area contributed by atoms with E-state index in [9.17, 15) is 9.90 Å². The lowest BCUT2D eigenvalue weighted by Gasteiger charge is -2.18. The first-order valence-corrected chi connectivity index (χ1v) is 9.07. The van der Waals surface area contributed by atoms with E-state index in [1.807, 2.05) is 0 Å². The molecule has 1 aliphatic carbocycles. The highest BCUT2D eigenvalue weighted by molar-refractivity contribution is 14.1. The minimum atomic E-state index is -0.549. The average Bonchev–Trinajstić information content (AvgIpc) is 2.85. The minimum absolute atomic E-state index is 0.0538. The lowest BCUT2D eigenvalue weighted by Crippen LogP contribution is -2.21. The van der Waals surface area contributed by atoms with Crippen molar-refractivity contribution in [2.24, 2.45) is 11.8 Å². The third kappa shape index (κ3) is 6.39. The van der Waals surface area contributed by atoms with Crippen LogP contribution in [-0.4, -0.2) is 15.5 Å². The van der Waals surface area contributed by atoms with E-state index in [0.29, 0.717) is 5.92 Å². The fraction of sp³-hybridized carbons (Fsp3) is 0.933. The highest BCUT2D eigenvalue weighted by Gasteiger charge is 2.29. The predicted molar refractivity (Wildman–Crippen MR) is 84.3 cm³/mol. The summed E-state index contributed by atoms with van der Waals surface area (Å²) >= 11 is 2.43. The van der Waals surface area contributed by atoms with Gasteiger partial charge in [0.05, 0.1) is 5.92 Å². The van der Waals surface area contributed by atoms with Crippen molar-refractivity contribution in [3.8, 4) is 0 Å². The Morgan fingerprint density at radius 1 is 1.06 bits per heavy atom. The molecule has 1 saturated carbocycles. The van der Waals surface area contributed by atoms with Crippen molar-refractivity contribution in [2.75, 3.05) is 4.43 Å². The van der Waals surface area contributed by atoms with Crippen molar-refractivity contribution in [1.29, 1.82) is 0 Å². The number of alkyl halides is 1. The molecule has 0 heterocycles. The fourth-order valence-electron chi connectivity index (χ4n) is 3.09. The first-order valence-electron chi connectivity index (χ1n) is 7.54. The topological polar surface area (TPSA) is 37.3 Å². The first-order chi connectivity index (χ1) is 8.75. The van der Waals surface area contributed by atoms with Crippen LogP contribution in [0.1, 0.15) is 70.6 Å². The quantitative estimate of drug-likeness (QED) is 0.334. The molecule has 2 nitrogen and oxygen atoms in total. The Kier molecular flexibility index (Phi) is 9.07. The molecule has 106 valence electrons. The van der Waals surface area contributed by atoms with Gasteiger partial charge in [-0.1, -0.05) is 67.5 Å². The number of halogens is 1. The normalized spacial score (nSPS) is 18.1. The van der Waals surface area contributed by atoms with Crippen LogP contribution in [0.2, 0.25) is 0 Å². The summed E-state index contributed by atoms with van der Waals surface area (Å²) in [5, 5.41) is 9.31. The molecule has 0 aromatic rings. The van der Waals surface area contributed by atoms with Crippen LogP contribution in [-0.2, 0) is 4.79 Å². The van der Waals surface area contributed by atoms with Gasteiger partial charge in [-0.2, -0.15) is 0 Å². The Morgan fingerprint density at radius 2 is 1.61 bits per heavy atom. The van der Waals surface area contributed by atoms with Crippen LogP contribution < -0.4 is 0 Å². The molecule has 0 aromatic carbocycles. The zero-order chi connectivity index (χ0) is 13.2. The van der Waals surface area contributed by atoms with Gasteiger partial charge in [0, 0.05) is 0 Å². The Balaban J connectivity index is 2.08. The van der Waals surface area contributed by atoms with Crippen LogP contribution in [0.3, 0.4) is 0 Å². The minimum Gasteiger partial charge on any atom is -0.481 e. The Bertz CT molecular complexity index is 225. The molecule has 0 bridgehead atoms. The smallest absolute Gasteiger partial charge is 0.306 e. The van der Waals surface area contributed by atoms with Gasteiger partial charge in [-0.25, -0.2) is 0 Å². The number of aliphatic carboxylic acids is 1. The Hall–Kier alpha value is 0.200. The molecular weight excluding hydrogens is 339 g/mol. The fourth-order valence-corrected chi connectivity index (χ4v) is 3.63. The van der Waals surface area contributed by atoms with Gasteiger partial charge < -0.3 is 5.11 Å². The second-order valence-electron chi connectivity index (χ2n) is 5.59. The molecule has 18 heavy (non-hydrogen) atoms. The van der Waals surface area contributed by atoms with Crippen LogP contribution in [0.15, 0.2) is 0 Å². The van der Waals surface area contributed by atoms with Crippen LogP contribution in [0.5, 0.6) is 0 Å². The molecule has 1 rings (SSSR count). The van der Waals surface area contributed by atoms with Crippen molar-refractivity contribution < 1.29 is 9.90 Å². The van der Waals surface area contributed by atoms with Gasteiger partial charge >= 0.3 is 5.97 Å². The maximum absolute atomic E-state index is 11.3. The van der Waals surface area contributed by atoms with Gasteiger partial charge in [-0.05, 0) is 36.0 Å². The number of rotatable bonds is 10. The standard InChI is InChI=1S/C15H27IO2/c16-12-8-4-2-1-3-5-11-14(15(17)18)13-9-6-7-10-13/h13-14H,1-12H2,(H,17,18). The summed E-state index contributed by atoms with van der Waals surface area (Å²) in [4.78, 5) is 11.3. The maximum atomic E-state index is 11.3. The molecule has 3 heteroatoms. The van der Waals surface area contributed by atoms with Gasteiger partial charge in [0.1, 0.15) is 0 Å². The second kappa shape index (κ2) is 10.0. The van der Waals surface area contributed by atoms with E-state index in [-0.39, 0.29) is 5.92 Å². The lowest BCUT2D eigenvalue weighted by atomic mass is 9.86. The van der Waals surface area contributed by atoms with Crippen molar-refractivity contribution in [3.63, 3.8) is 0 Å². The Morgan fingerprint density at radius 3 is 2.17 bits per heavy atom. The monoisotopic (exact) mass is 366 g/mol. The van der Waals surface area contributed by atoms with Crippen LogP contribution in [0, 0.1) is 11.8 Å². The first kappa shape index (κ1) is 16.3. The number of hydrogen-bond donors (Lipinski definition) is 1. The molecule has 0 amide bonds. The number of hydrogen-bond acceptors (Lipinski definition) is 1. The molecule has 1 N–H and O–H groups in total. The summed E-state index contributed by atoms with van der Waals surface area (Å²) in [6.45, 7) is 0. The molecule has 0 saturated heterocycles. The van der Waals surface area contributed by atoms with Crippen LogP contribution >= 0.6 is 22.6 Å². The summed E-state index contributed by atoms with van der Waals surface area (Å²) in [6.07, 6.45) is 13.3. The van der Waals surface area contributed by atoms with E-state index in [1.54, 1.807) is 0 Å². The van der Waals surface area contributed by atoms with E-state index < -0.39 is 5.97 Å². The molecule has 0 aromatic heterocycles. The molecule has 0 radical (unpaired) electrons. The molecule has 1 unspecified atom stereocenters. The third-order valence-electron chi connectivity index (χ3n) is 4.18. The van der Waals surface area contributed by atoms with Gasteiger partial charge in [0.2, 0.25) is 0 Å². The van der Waals surface area contributed by atoms with E-state index in [4.69, 9.17) is 0 Å². The van der Waals surface area contributed by atoms with Crippen LogP contribution in [0.4, 0.5) is 0 Å². The SMILES string of the molecule is O=C(O)C(CCCCCCCCI)C1CCCC1. The van der Waals surface area contributed by atoms with Crippen molar-refractivity contribution >= 4 is 28.6 Å². The molecule has 1 fully saturated rings. The Labute approximate surface area is 125 Å². The highest BCUT2D eigenvalue weighted by atomic mass is 127. The van der Waals surface area contributed by atoms with Crippen molar-refractivity contribution in [1.82, 2.24) is 0 Å². The van der Waals surface area contributed by atoms with Gasteiger partial charge in [-0.3, -0.25) is 4.79 Å². The third-order valence-corrected chi connectivity index (χ3v) is 4.95. The van der Waals surface area contributed by atoms with E-state index in [2.05, 4.69) is 22.6 Å². The van der Waals surface area contributed by atoms with Gasteiger partial charge in [-0.15, -0.1) is 0 Å². The summed E-state index contributed by atoms with van der Waals surface area (Å²) in [5.41, 5.74) is 0. The molecule has 1 aliphatic rings. The van der Waals surface area contributed by atoms with Gasteiger partial charge in [0.25, 0.3) is 0 Å². The zero-order valence-electron chi connectivity index (χ0n) is 11.4. The molecular formula is C15H27IO2. The van der Waals surface area contributed by atoms with Crippen molar-refractivity contribution in [3.05, 3.63) is 0 Å². The number of carboxylic acids is 1. The summed E-state index contributed by atoms with van der Waals surface area (Å²) in [5.74, 6) is -0.129. The highest BCUT2D eigenvalue weighted by Crippen LogP contribution is 2.34. The van der Waals surface area contributed by atoms with E-state index in [1.165, 1.54) is 49.4 Å². The molecule has 1 atom stereocenters. The van der Waals surface area contributed by atoms with Crippen molar-refractivity contribution in [2.45, 2.75) is 70.6 Å². The molecule has 0 aliphatic heterocycles. The lowest BCUT2D eigenvalue weighted by molar-refractivity contribution is -0.144. The maximum Gasteiger partial charge on any atom is 0.306 e. The summed E-state index contributed by atoms with van der Waals surface area (Å²) in [7, 11) is 0. The molecule has 0 spiro atoms. The average molecular weight is 366 g/mol. The van der Waals surface area contributed by atoms with Crippen LogP contribution in [0.25, 0.3) is 0 Å². The van der Waals surface area contributed by atoms with E-state index in [0.717, 1.165) is 25.7 Å². The summed E-state index contributed by atoms with van der Waals surface area (Å²) in [6, 6.07) is 0. The summed E-state index contributed by atoms with van der Waals surface area (Å²) < 4.78 is 1.26. The second-order valence-corrected chi connectivity index (χ2v) is 6.67.